The maximum Gasteiger partial charge on any atom is 0.331 e. The van der Waals surface area contributed by atoms with Crippen molar-refractivity contribution >= 4 is 78.7 Å². The number of carbonyl (C=O) groups is 6. The molecule has 13 aromatic rings. The number of amides is 4. The zero-order chi connectivity index (χ0) is 68.3. The SMILES string of the molecule is CCOCOC(=O)C(C)N1C(=O)c2cc(Oc3ccc(-c4ccccc4)cc3)c3c4c(Oc5ccc(-c6ccccc6)cc5)cc5c6c(cc(Oc7ccc(-c8ccccc8)cc7)c(c7c(Oc8ccc(-c9ccccc9)cc8)cc(c2c37)C1=O)c64)C(=O)N(C(C)C(=O)OCC1CO1)C5=O. The van der Waals surface area contributed by atoms with E-state index in [9.17, 15) is 9.59 Å². The molecule has 3 heterocycles. The summed E-state index contributed by atoms with van der Waals surface area (Å²) in [5.74, 6) is -3.55. The third-order valence-corrected chi connectivity index (χ3v) is 18.5. The van der Waals surface area contributed by atoms with Crippen molar-refractivity contribution in [3.8, 4) is 90.5 Å². The van der Waals surface area contributed by atoms with Crippen LogP contribution in [0.2, 0.25) is 0 Å². The minimum absolute atomic E-state index is 0.0207. The molecule has 0 N–H and O–H groups in total. The number of nitrogens with zero attached hydrogens (tertiary/aromatic N) is 2. The Kier molecular flexibility index (Phi) is 16.1. The van der Waals surface area contributed by atoms with E-state index in [1.54, 1.807) is 79.7 Å². The standard InChI is InChI=1S/C84H60N2O14/c1-4-93-47-96-84(92)49(3)86-81(89)65-43-69(99-60-37-29-56(30-38-60)52-21-13-7-14-22-52)75-73-67(97-58-33-25-54(26-34-58)50-17-9-5-10-18-50)41-63-71-64(80(88)85(79(63)87)48(2)83(91)95-46-62-45-94-62)42-68(98-59-35-27-55(28-36-59)51-19-11-6-12-20-51)74(77(71)73)76-70(44-66(82(86)90)72(65)78(75)76)100-61-39-31-57(32-40-61)53-23-15-8-16-24-53/h5-44,48-49,62H,4,45-47H2,1-3H3. The van der Waals surface area contributed by atoms with Crippen LogP contribution in [0.4, 0.5) is 0 Å². The highest BCUT2D eigenvalue weighted by atomic mass is 16.7. The van der Waals surface area contributed by atoms with Crippen molar-refractivity contribution < 1.29 is 66.7 Å². The predicted molar refractivity (Wildman–Crippen MR) is 379 cm³/mol. The second-order valence-electron chi connectivity index (χ2n) is 24.6. The fraction of sp³-hybridized carbons (Fsp3) is 0.119. The molecule has 16 rings (SSSR count). The lowest BCUT2D eigenvalue weighted by Crippen LogP contribution is -2.50. The summed E-state index contributed by atoms with van der Waals surface area (Å²) in [5, 5.41) is 1.88. The van der Waals surface area contributed by atoms with Gasteiger partial charge in [-0.05, 0) is 138 Å². The summed E-state index contributed by atoms with van der Waals surface area (Å²) in [7, 11) is 0. The lowest BCUT2D eigenvalue weighted by Gasteiger charge is -2.34. The minimum Gasteiger partial charge on any atom is -0.461 e. The molecule has 3 atom stereocenters. The van der Waals surface area contributed by atoms with Gasteiger partial charge in [-0.2, -0.15) is 0 Å². The van der Waals surface area contributed by atoms with Gasteiger partial charge in [0.15, 0.2) is 6.79 Å². The largest absolute Gasteiger partial charge is 0.461 e. The average molecular weight is 1320 g/mol. The van der Waals surface area contributed by atoms with Gasteiger partial charge in [0.2, 0.25) is 0 Å². The number of benzene rings is 13. The Morgan fingerprint density at radius 2 is 0.630 bits per heavy atom. The van der Waals surface area contributed by atoms with Crippen molar-refractivity contribution in [3.05, 3.63) is 265 Å². The van der Waals surface area contributed by atoms with Crippen molar-refractivity contribution in [2.45, 2.75) is 39.0 Å². The van der Waals surface area contributed by atoms with Gasteiger partial charge >= 0.3 is 11.9 Å². The first kappa shape index (κ1) is 62.3. The van der Waals surface area contributed by atoms with Gasteiger partial charge in [0, 0.05) is 49.7 Å². The van der Waals surface area contributed by atoms with Gasteiger partial charge in [0.1, 0.15) is 70.8 Å². The van der Waals surface area contributed by atoms with Crippen LogP contribution in [-0.4, -0.2) is 90.2 Å². The number of esters is 2. The van der Waals surface area contributed by atoms with Gasteiger partial charge in [-0.25, -0.2) is 9.59 Å². The Bertz CT molecular complexity index is 5100. The first-order valence-electron chi connectivity index (χ1n) is 32.8. The van der Waals surface area contributed by atoms with Crippen LogP contribution < -0.4 is 18.9 Å². The normalized spacial score (nSPS) is 14.6. The van der Waals surface area contributed by atoms with E-state index in [-0.39, 0.29) is 108 Å². The van der Waals surface area contributed by atoms with Crippen molar-refractivity contribution in [2.24, 2.45) is 0 Å². The second-order valence-corrected chi connectivity index (χ2v) is 24.6. The van der Waals surface area contributed by atoms with Crippen LogP contribution in [0, 0.1) is 0 Å². The lowest BCUT2D eigenvalue weighted by atomic mass is 9.80. The van der Waals surface area contributed by atoms with Crippen LogP contribution in [-0.2, 0) is 28.5 Å². The summed E-state index contributed by atoms with van der Waals surface area (Å²) in [5.41, 5.74) is 7.23. The molecular weight excluding hydrogens is 1260 g/mol. The number of carbonyl (C=O) groups excluding carboxylic acids is 6. The van der Waals surface area contributed by atoms with Gasteiger partial charge in [-0.1, -0.05) is 170 Å². The molecule has 0 radical (unpaired) electrons. The summed E-state index contributed by atoms with van der Waals surface area (Å²) in [6, 6.07) is 72.2. The third-order valence-electron chi connectivity index (χ3n) is 18.5. The molecule has 3 unspecified atom stereocenters. The van der Waals surface area contributed by atoms with Gasteiger partial charge in [-0.15, -0.1) is 0 Å². The first-order chi connectivity index (χ1) is 48.9. The van der Waals surface area contributed by atoms with E-state index in [0.717, 1.165) is 54.3 Å². The summed E-state index contributed by atoms with van der Waals surface area (Å²) >= 11 is 0. The smallest absolute Gasteiger partial charge is 0.331 e. The van der Waals surface area contributed by atoms with Crippen molar-refractivity contribution in [1.29, 1.82) is 0 Å². The molecule has 0 aromatic heterocycles. The summed E-state index contributed by atoms with van der Waals surface area (Å²) in [6.45, 7) is 4.72. The highest BCUT2D eigenvalue weighted by Gasteiger charge is 2.46. The van der Waals surface area contributed by atoms with Crippen LogP contribution in [0.25, 0.3) is 87.6 Å². The fourth-order valence-electron chi connectivity index (χ4n) is 13.4. The number of fused-ring (bicyclic) bond motifs is 2. The number of ether oxygens (including phenoxy) is 8. The summed E-state index contributed by atoms with van der Waals surface area (Å²) in [4.78, 5) is 93.6. The highest BCUT2D eigenvalue weighted by molar-refractivity contribution is 6.45. The monoisotopic (exact) mass is 1320 g/mol. The number of rotatable bonds is 21. The highest BCUT2D eigenvalue weighted by Crippen LogP contribution is 2.58. The summed E-state index contributed by atoms with van der Waals surface area (Å²) in [6.07, 6.45) is -0.310. The molecule has 1 saturated heterocycles. The molecule has 3 aliphatic heterocycles. The molecule has 1 fully saturated rings. The zero-order valence-electron chi connectivity index (χ0n) is 54.3. The van der Waals surface area contributed by atoms with Crippen molar-refractivity contribution in [3.63, 3.8) is 0 Å². The van der Waals surface area contributed by atoms with E-state index in [0.29, 0.717) is 29.6 Å². The molecule has 0 bridgehead atoms. The molecule has 16 nitrogen and oxygen atoms in total. The number of hydrogen-bond donors (Lipinski definition) is 0. The van der Waals surface area contributed by atoms with Gasteiger partial charge < -0.3 is 37.9 Å². The molecule has 4 amide bonds. The average Bonchev–Trinajstić information content (AvgIpc) is 1.05. The lowest BCUT2D eigenvalue weighted by molar-refractivity contribution is -0.160. The molecule has 13 aromatic carbocycles. The Hall–Kier alpha value is -12.5. The van der Waals surface area contributed by atoms with Crippen LogP contribution in [0.3, 0.4) is 0 Å². The van der Waals surface area contributed by atoms with Crippen molar-refractivity contribution in [2.75, 3.05) is 26.6 Å². The van der Waals surface area contributed by atoms with Crippen LogP contribution in [0.1, 0.15) is 62.2 Å². The van der Waals surface area contributed by atoms with Crippen LogP contribution in [0.15, 0.2) is 243 Å². The Labute approximate surface area is 573 Å². The molecule has 16 heteroatoms. The van der Waals surface area contributed by atoms with Crippen LogP contribution >= 0.6 is 0 Å². The Balaban J connectivity index is 1.03. The molecule has 0 spiro atoms. The Morgan fingerprint density at radius 3 is 0.890 bits per heavy atom. The van der Waals surface area contributed by atoms with Crippen molar-refractivity contribution in [1.82, 2.24) is 9.80 Å². The predicted octanol–water partition coefficient (Wildman–Crippen LogP) is 18.0. The molecule has 0 saturated carbocycles. The molecule has 0 aliphatic carbocycles. The van der Waals surface area contributed by atoms with E-state index >= 15 is 19.2 Å². The maximum atomic E-state index is 15.9. The van der Waals surface area contributed by atoms with Crippen LogP contribution in [0.5, 0.6) is 46.0 Å². The second kappa shape index (κ2) is 25.8. The minimum atomic E-state index is -1.48. The van der Waals surface area contributed by atoms with E-state index < -0.39 is 54.4 Å². The van der Waals surface area contributed by atoms with Gasteiger partial charge in [-0.3, -0.25) is 29.0 Å². The van der Waals surface area contributed by atoms with E-state index in [1.807, 2.05) is 170 Å². The molecule has 490 valence electrons. The quantitative estimate of drug-likeness (QED) is 0.0126. The fourth-order valence-corrected chi connectivity index (χ4v) is 13.4. The third kappa shape index (κ3) is 11.3. The topological polar surface area (TPSA) is 186 Å². The number of imide groups is 2. The zero-order valence-corrected chi connectivity index (χ0v) is 54.3. The molecular formula is C84H60N2O14. The van der Waals surface area contributed by atoms with Gasteiger partial charge in [0.05, 0.1) is 28.9 Å². The Morgan fingerprint density at radius 1 is 0.370 bits per heavy atom. The number of epoxide rings is 1. The first-order valence-corrected chi connectivity index (χ1v) is 32.8. The summed E-state index contributed by atoms with van der Waals surface area (Å²) < 4.78 is 50.9. The van der Waals surface area contributed by atoms with Gasteiger partial charge in [0.25, 0.3) is 23.6 Å². The molecule has 100 heavy (non-hydrogen) atoms. The molecule has 3 aliphatic rings. The van der Waals surface area contributed by atoms with E-state index in [4.69, 9.17) is 37.9 Å². The maximum absolute atomic E-state index is 15.9. The van der Waals surface area contributed by atoms with E-state index in [1.165, 1.54) is 13.8 Å². The van der Waals surface area contributed by atoms with E-state index in [2.05, 4.69) is 0 Å². The number of hydrogen-bond acceptors (Lipinski definition) is 14.